The predicted octanol–water partition coefficient (Wildman–Crippen LogP) is 0.193. The molecule has 2 fully saturated rings. The molecular formula is C17H25N3O6S2. The lowest BCUT2D eigenvalue weighted by atomic mass is 10.2. The highest BCUT2D eigenvalue weighted by atomic mass is 32.2. The molecule has 1 aromatic carbocycles. The number of hydrogen-bond donors (Lipinski definition) is 2. The van der Waals surface area contributed by atoms with Crippen molar-refractivity contribution in [2.45, 2.75) is 36.2 Å². The van der Waals surface area contributed by atoms with Gasteiger partial charge in [0.15, 0.2) is 9.84 Å². The van der Waals surface area contributed by atoms with Crippen LogP contribution in [0.1, 0.15) is 19.3 Å². The van der Waals surface area contributed by atoms with Crippen molar-refractivity contribution in [1.82, 2.24) is 9.62 Å². The third-order valence-electron chi connectivity index (χ3n) is 4.96. The van der Waals surface area contributed by atoms with Crippen molar-refractivity contribution >= 4 is 31.5 Å². The van der Waals surface area contributed by atoms with Crippen LogP contribution in [0.4, 0.5) is 5.69 Å². The topological polar surface area (TPSA) is 122 Å². The van der Waals surface area contributed by atoms with Gasteiger partial charge in [0.2, 0.25) is 15.9 Å². The quantitative estimate of drug-likeness (QED) is 0.603. The summed E-state index contributed by atoms with van der Waals surface area (Å²) in [5, 5.41) is 2.91. The molecule has 3 rings (SSSR count). The van der Waals surface area contributed by atoms with E-state index in [1.54, 1.807) is 7.05 Å². The zero-order valence-electron chi connectivity index (χ0n) is 15.8. The van der Waals surface area contributed by atoms with Gasteiger partial charge in [-0.25, -0.2) is 21.6 Å². The summed E-state index contributed by atoms with van der Waals surface area (Å²) in [6.07, 6.45) is 2.09. The number of nitrogens with one attached hydrogen (secondary N) is 2. The van der Waals surface area contributed by atoms with Gasteiger partial charge < -0.3 is 15.0 Å². The van der Waals surface area contributed by atoms with Crippen molar-refractivity contribution in [3.05, 3.63) is 18.2 Å². The number of hydrogen-bond acceptors (Lipinski definition) is 7. The minimum absolute atomic E-state index is 0.0126. The molecule has 1 heterocycles. The number of likely N-dealkylation sites (N-methyl/N-ethyl adjacent to an activating group) is 1. The van der Waals surface area contributed by atoms with Crippen LogP contribution in [0.5, 0.6) is 5.75 Å². The van der Waals surface area contributed by atoms with Crippen molar-refractivity contribution in [1.29, 1.82) is 0 Å². The highest BCUT2D eigenvalue weighted by Crippen LogP contribution is 2.29. The maximum Gasteiger partial charge on any atom is 0.241 e. The van der Waals surface area contributed by atoms with E-state index in [0.717, 1.165) is 12.8 Å². The second kappa shape index (κ2) is 7.88. The zero-order chi connectivity index (χ0) is 20.5. The van der Waals surface area contributed by atoms with Crippen LogP contribution < -0.4 is 14.8 Å². The van der Waals surface area contributed by atoms with Gasteiger partial charge in [-0.15, -0.1) is 0 Å². The second-order valence-electron chi connectivity index (χ2n) is 7.17. The van der Waals surface area contributed by atoms with E-state index in [-0.39, 0.29) is 40.9 Å². The highest BCUT2D eigenvalue weighted by molar-refractivity contribution is 7.91. The fourth-order valence-electron chi connectivity index (χ4n) is 3.06. The minimum Gasteiger partial charge on any atom is -0.495 e. The lowest BCUT2D eigenvalue weighted by Gasteiger charge is -2.24. The number of amides is 1. The van der Waals surface area contributed by atoms with Crippen LogP contribution in [-0.4, -0.2) is 71.9 Å². The van der Waals surface area contributed by atoms with Gasteiger partial charge in [0.05, 0.1) is 35.7 Å². The number of methoxy groups -OCH3 is 1. The van der Waals surface area contributed by atoms with Crippen molar-refractivity contribution in [2.75, 3.05) is 37.5 Å². The largest absolute Gasteiger partial charge is 0.495 e. The number of anilines is 1. The Bertz CT molecular complexity index is 957. The fraction of sp³-hybridized carbons (Fsp3) is 0.588. The van der Waals surface area contributed by atoms with Crippen LogP contribution in [-0.2, 0) is 24.7 Å². The van der Waals surface area contributed by atoms with E-state index in [9.17, 15) is 21.6 Å². The molecule has 1 atom stereocenters. The molecule has 11 heteroatoms. The van der Waals surface area contributed by atoms with Crippen molar-refractivity contribution < 1.29 is 26.4 Å². The maximum absolute atomic E-state index is 12.4. The summed E-state index contributed by atoms with van der Waals surface area (Å²) >= 11 is 0. The molecule has 1 aromatic rings. The normalized spacial score (nSPS) is 21.3. The Labute approximate surface area is 165 Å². The third kappa shape index (κ3) is 4.95. The number of sulfone groups is 1. The van der Waals surface area contributed by atoms with Gasteiger partial charge in [0.25, 0.3) is 0 Å². The minimum atomic E-state index is -3.63. The first-order valence-electron chi connectivity index (χ1n) is 9.01. The van der Waals surface area contributed by atoms with Crippen LogP contribution in [0.25, 0.3) is 0 Å². The fourth-order valence-corrected chi connectivity index (χ4v) is 6.17. The van der Waals surface area contributed by atoms with E-state index in [0.29, 0.717) is 17.9 Å². The monoisotopic (exact) mass is 431 g/mol. The number of ether oxygens (including phenoxy) is 1. The van der Waals surface area contributed by atoms with Gasteiger partial charge >= 0.3 is 0 Å². The van der Waals surface area contributed by atoms with E-state index in [4.69, 9.17) is 4.74 Å². The Balaban J connectivity index is 1.68. The SMILES string of the molecule is COc1ccc(S(=O)(=O)NC2CC2)cc1NCC(=O)N(C)C1CCS(=O)(=O)C1. The summed E-state index contributed by atoms with van der Waals surface area (Å²) in [4.78, 5) is 14.0. The molecule has 28 heavy (non-hydrogen) atoms. The third-order valence-corrected chi connectivity index (χ3v) is 8.23. The first-order chi connectivity index (χ1) is 13.1. The van der Waals surface area contributed by atoms with Crippen molar-refractivity contribution in [2.24, 2.45) is 0 Å². The van der Waals surface area contributed by atoms with Gasteiger partial charge in [-0.3, -0.25) is 4.79 Å². The molecule has 0 bridgehead atoms. The molecule has 2 N–H and O–H groups in total. The molecule has 156 valence electrons. The van der Waals surface area contributed by atoms with E-state index < -0.39 is 19.9 Å². The van der Waals surface area contributed by atoms with E-state index in [1.165, 1.54) is 30.2 Å². The Morgan fingerprint density at radius 2 is 2.00 bits per heavy atom. The highest BCUT2D eigenvalue weighted by Gasteiger charge is 2.32. The van der Waals surface area contributed by atoms with Gasteiger partial charge in [-0.05, 0) is 37.5 Å². The molecule has 0 radical (unpaired) electrons. The molecule has 0 aromatic heterocycles. The average Bonchev–Trinajstić information content (AvgIpc) is 3.37. The predicted molar refractivity (Wildman–Crippen MR) is 105 cm³/mol. The summed E-state index contributed by atoms with van der Waals surface area (Å²) in [7, 11) is -3.69. The summed E-state index contributed by atoms with van der Waals surface area (Å²) in [6.45, 7) is -0.108. The van der Waals surface area contributed by atoms with Crippen LogP contribution in [0, 0.1) is 0 Å². The Morgan fingerprint density at radius 3 is 2.57 bits per heavy atom. The molecule has 1 aliphatic carbocycles. The molecule has 1 aliphatic heterocycles. The Kier molecular flexibility index (Phi) is 5.87. The van der Waals surface area contributed by atoms with Crippen LogP contribution in [0.2, 0.25) is 0 Å². The molecule has 1 saturated carbocycles. The Morgan fingerprint density at radius 1 is 1.29 bits per heavy atom. The van der Waals surface area contributed by atoms with Gasteiger partial charge in [0, 0.05) is 19.1 Å². The number of rotatable bonds is 8. The molecular weight excluding hydrogens is 406 g/mol. The summed E-state index contributed by atoms with van der Waals surface area (Å²) in [5.41, 5.74) is 0.377. The summed E-state index contributed by atoms with van der Waals surface area (Å²) in [5.74, 6) is 0.182. The molecule has 1 saturated heterocycles. The van der Waals surface area contributed by atoms with E-state index in [2.05, 4.69) is 10.0 Å². The van der Waals surface area contributed by atoms with E-state index >= 15 is 0 Å². The van der Waals surface area contributed by atoms with Crippen LogP contribution >= 0.6 is 0 Å². The number of sulfonamides is 1. The number of carbonyl (C=O) groups excluding carboxylic acids is 1. The number of carbonyl (C=O) groups is 1. The Hall–Kier alpha value is -1.85. The van der Waals surface area contributed by atoms with Crippen molar-refractivity contribution in [3.63, 3.8) is 0 Å². The van der Waals surface area contributed by atoms with Crippen molar-refractivity contribution in [3.8, 4) is 5.75 Å². The first-order valence-corrected chi connectivity index (χ1v) is 12.3. The lowest BCUT2D eigenvalue weighted by molar-refractivity contribution is -0.129. The summed E-state index contributed by atoms with van der Waals surface area (Å²) in [6, 6.07) is 4.06. The summed E-state index contributed by atoms with van der Waals surface area (Å²) < 4.78 is 55.9. The van der Waals surface area contributed by atoms with E-state index in [1.807, 2.05) is 0 Å². The molecule has 0 spiro atoms. The van der Waals surface area contributed by atoms with Gasteiger partial charge in [0.1, 0.15) is 5.75 Å². The number of nitrogens with zero attached hydrogens (tertiary/aromatic N) is 1. The molecule has 1 amide bonds. The maximum atomic E-state index is 12.4. The standard InChI is InChI=1S/C17H25N3O6S2/c1-20(13-7-8-27(22,23)11-13)17(21)10-18-15-9-14(5-6-16(15)26-2)28(24,25)19-12-3-4-12/h5-6,9,12-13,18-19H,3-4,7-8,10-11H2,1-2H3. The average molecular weight is 432 g/mol. The number of benzene rings is 1. The molecule has 2 aliphatic rings. The van der Waals surface area contributed by atoms with Gasteiger partial charge in [-0.1, -0.05) is 0 Å². The molecule has 1 unspecified atom stereocenters. The lowest BCUT2D eigenvalue weighted by Crippen LogP contribution is -2.40. The van der Waals surface area contributed by atoms with Crippen LogP contribution in [0.15, 0.2) is 23.1 Å². The van der Waals surface area contributed by atoms with Gasteiger partial charge in [-0.2, -0.15) is 0 Å². The first kappa shape index (κ1) is 20.9. The smallest absolute Gasteiger partial charge is 0.241 e. The van der Waals surface area contributed by atoms with Crippen LogP contribution in [0.3, 0.4) is 0 Å². The molecule has 9 nitrogen and oxygen atoms in total. The second-order valence-corrected chi connectivity index (χ2v) is 11.1. The zero-order valence-corrected chi connectivity index (χ0v) is 17.5.